The molecular weight excluding hydrogens is 298 g/mol. The van der Waals surface area contributed by atoms with Gasteiger partial charge in [0.2, 0.25) is 10.0 Å². The lowest BCUT2D eigenvalue weighted by molar-refractivity contribution is 0.598. The van der Waals surface area contributed by atoms with Gasteiger partial charge in [-0.05, 0) is 35.9 Å². The number of primary sulfonamides is 1. The van der Waals surface area contributed by atoms with Gasteiger partial charge in [-0.25, -0.2) is 13.6 Å². The minimum absolute atomic E-state index is 0.0440. The Kier molecular flexibility index (Phi) is 4.49. The molecule has 2 aromatic rings. The molecule has 0 spiro atoms. The molecule has 104 valence electrons. The van der Waals surface area contributed by atoms with Crippen LogP contribution < -0.4 is 5.14 Å². The number of halogens is 1. The van der Waals surface area contributed by atoms with Crippen LogP contribution in [-0.4, -0.2) is 8.42 Å². The van der Waals surface area contributed by atoms with E-state index in [1.807, 2.05) is 18.2 Å². The summed E-state index contributed by atoms with van der Waals surface area (Å²) in [6, 6.07) is 13.2. The number of hydrogen-bond donors (Lipinski definition) is 1. The Bertz CT molecular complexity index is 728. The van der Waals surface area contributed by atoms with E-state index in [2.05, 4.69) is 10.2 Å². The third kappa shape index (κ3) is 3.86. The first-order valence-corrected chi connectivity index (χ1v) is 7.63. The summed E-state index contributed by atoms with van der Waals surface area (Å²) in [6.45, 7) is 0.358. The zero-order valence-corrected chi connectivity index (χ0v) is 12.0. The van der Waals surface area contributed by atoms with Crippen molar-refractivity contribution in [3.8, 4) is 0 Å². The lowest BCUT2D eigenvalue weighted by atomic mass is 10.2. The maximum Gasteiger partial charge on any atom is 0.238 e. The first-order chi connectivity index (χ1) is 9.47. The van der Waals surface area contributed by atoms with Crippen LogP contribution in [0, 0.1) is 0 Å². The molecule has 0 fully saturated rings. The van der Waals surface area contributed by atoms with Gasteiger partial charge in [-0.1, -0.05) is 29.8 Å². The summed E-state index contributed by atoms with van der Waals surface area (Å²) in [5.74, 6) is 0. The van der Waals surface area contributed by atoms with Crippen molar-refractivity contribution in [1.29, 1.82) is 0 Å². The van der Waals surface area contributed by atoms with Crippen LogP contribution in [0.25, 0.3) is 0 Å². The molecule has 5 nitrogen and oxygen atoms in total. The van der Waals surface area contributed by atoms with Gasteiger partial charge in [-0.3, -0.25) is 0 Å². The highest BCUT2D eigenvalue weighted by atomic mass is 35.5. The van der Waals surface area contributed by atoms with Gasteiger partial charge in [0.1, 0.15) is 0 Å². The minimum atomic E-state index is -3.68. The van der Waals surface area contributed by atoms with E-state index in [-0.39, 0.29) is 4.90 Å². The maximum absolute atomic E-state index is 11.1. The van der Waals surface area contributed by atoms with Gasteiger partial charge >= 0.3 is 0 Å². The lowest BCUT2D eigenvalue weighted by Gasteiger charge is -1.99. The van der Waals surface area contributed by atoms with Crippen LogP contribution in [0.5, 0.6) is 0 Å². The molecule has 2 rings (SSSR count). The molecule has 0 radical (unpaired) electrons. The number of azo groups is 1. The average molecular weight is 310 g/mol. The summed E-state index contributed by atoms with van der Waals surface area (Å²) in [7, 11) is -3.68. The molecule has 0 saturated heterocycles. The van der Waals surface area contributed by atoms with Gasteiger partial charge in [0.05, 0.1) is 17.1 Å². The number of hydrogen-bond acceptors (Lipinski definition) is 4. The molecule has 2 aromatic carbocycles. The molecular formula is C13H12ClN3O2S. The molecule has 0 saturated carbocycles. The van der Waals surface area contributed by atoms with E-state index in [1.165, 1.54) is 24.3 Å². The fraction of sp³-hybridized carbons (Fsp3) is 0.0769. The van der Waals surface area contributed by atoms with E-state index in [0.717, 1.165) is 5.56 Å². The van der Waals surface area contributed by atoms with Gasteiger partial charge in [-0.2, -0.15) is 10.2 Å². The van der Waals surface area contributed by atoms with Gasteiger partial charge in [0, 0.05) is 5.02 Å². The fourth-order valence-corrected chi connectivity index (χ4v) is 2.23. The van der Waals surface area contributed by atoms with Crippen molar-refractivity contribution in [2.24, 2.45) is 15.4 Å². The zero-order valence-electron chi connectivity index (χ0n) is 10.4. The Morgan fingerprint density at radius 1 is 1.05 bits per heavy atom. The van der Waals surface area contributed by atoms with Gasteiger partial charge < -0.3 is 0 Å². The molecule has 0 aliphatic heterocycles. The molecule has 2 N–H and O–H groups in total. The van der Waals surface area contributed by atoms with Crippen LogP contribution in [0.1, 0.15) is 5.56 Å². The predicted molar refractivity (Wildman–Crippen MR) is 77.5 cm³/mol. The summed E-state index contributed by atoms with van der Waals surface area (Å²) in [6.07, 6.45) is 0. The summed E-state index contributed by atoms with van der Waals surface area (Å²) in [4.78, 5) is 0.0440. The van der Waals surface area contributed by atoms with Crippen molar-refractivity contribution >= 4 is 27.3 Å². The first kappa shape index (κ1) is 14.6. The van der Waals surface area contributed by atoms with E-state index >= 15 is 0 Å². The van der Waals surface area contributed by atoms with Crippen LogP contribution in [0.15, 0.2) is 63.7 Å². The molecule has 0 aliphatic carbocycles. The van der Waals surface area contributed by atoms with Crippen LogP contribution in [0.3, 0.4) is 0 Å². The second kappa shape index (κ2) is 6.13. The monoisotopic (exact) mass is 309 g/mol. The quantitative estimate of drug-likeness (QED) is 0.879. The highest BCUT2D eigenvalue weighted by Gasteiger charge is 2.06. The van der Waals surface area contributed by atoms with Crippen LogP contribution in [0.4, 0.5) is 5.69 Å². The summed E-state index contributed by atoms with van der Waals surface area (Å²) >= 11 is 5.99. The molecule has 0 aliphatic rings. The van der Waals surface area contributed by atoms with E-state index in [1.54, 1.807) is 6.07 Å². The molecule has 0 atom stereocenters. The van der Waals surface area contributed by atoms with Crippen molar-refractivity contribution in [2.45, 2.75) is 11.4 Å². The predicted octanol–water partition coefficient (Wildman–Crippen LogP) is 3.27. The topological polar surface area (TPSA) is 84.9 Å². The van der Waals surface area contributed by atoms with Gasteiger partial charge in [0.15, 0.2) is 0 Å². The van der Waals surface area contributed by atoms with Crippen LogP contribution >= 0.6 is 11.6 Å². The zero-order chi connectivity index (χ0) is 14.6. The maximum atomic E-state index is 11.1. The summed E-state index contributed by atoms with van der Waals surface area (Å²) in [5, 5.41) is 13.7. The Balaban J connectivity index is 2.07. The van der Waals surface area contributed by atoms with E-state index < -0.39 is 10.0 Å². The van der Waals surface area contributed by atoms with E-state index in [9.17, 15) is 8.42 Å². The second-order valence-electron chi connectivity index (χ2n) is 4.03. The standard InChI is InChI=1S/C13H12ClN3O2S/c14-13-4-2-1-3-10(13)9-16-17-11-5-7-12(8-6-11)20(15,18)19/h1-8H,9H2,(H2,15,18,19). The Morgan fingerprint density at radius 3 is 2.30 bits per heavy atom. The number of nitrogens with two attached hydrogens (primary N) is 1. The Labute approximate surface area is 122 Å². The molecule has 7 heteroatoms. The minimum Gasteiger partial charge on any atom is -0.225 e. The van der Waals surface area contributed by atoms with Crippen molar-refractivity contribution in [3.05, 3.63) is 59.1 Å². The Hall–Kier alpha value is -1.76. The van der Waals surface area contributed by atoms with Gasteiger partial charge in [0.25, 0.3) is 0 Å². The number of benzene rings is 2. The number of nitrogens with zero attached hydrogens (tertiary/aromatic N) is 2. The molecule has 20 heavy (non-hydrogen) atoms. The molecule has 0 bridgehead atoms. The highest BCUT2D eigenvalue weighted by molar-refractivity contribution is 7.89. The highest BCUT2D eigenvalue weighted by Crippen LogP contribution is 2.19. The normalized spacial score (nSPS) is 11.9. The SMILES string of the molecule is NS(=O)(=O)c1ccc(N=NCc2ccccc2Cl)cc1. The molecule has 0 aromatic heterocycles. The molecule has 0 unspecified atom stereocenters. The second-order valence-corrected chi connectivity index (χ2v) is 6.00. The van der Waals surface area contributed by atoms with Crippen molar-refractivity contribution in [1.82, 2.24) is 0 Å². The molecule has 0 heterocycles. The van der Waals surface area contributed by atoms with Crippen LogP contribution in [-0.2, 0) is 16.6 Å². The van der Waals surface area contributed by atoms with Crippen molar-refractivity contribution in [3.63, 3.8) is 0 Å². The molecule has 0 amide bonds. The third-order valence-electron chi connectivity index (χ3n) is 2.55. The van der Waals surface area contributed by atoms with E-state index in [0.29, 0.717) is 17.3 Å². The van der Waals surface area contributed by atoms with E-state index in [4.69, 9.17) is 16.7 Å². The number of sulfonamides is 1. The van der Waals surface area contributed by atoms with Crippen molar-refractivity contribution in [2.75, 3.05) is 0 Å². The van der Waals surface area contributed by atoms with Gasteiger partial charge in [-0.15, -0.1) is 0 Å². The lowest BCUT2D eigenvalue weighted by Crippen LogP contribution is -2.11. The third-order valence-corrected chi connectivity index (χ3v) is 3.85. The first-order valence-electron chi connectivity index (χ1n) is 5.70. The summed E-state index contributed by atoms with van der Waals surface area (Å²) in [5.41, 5.74) is 1.42. The average Bonchev–Trinajstić information content (AvgIpc) is 2.40. The smallest absolute Gasteiger partial charge is 0.225 e. The number of rotatable bonds is 4. The summed E-state index contributed by atoms with van der Waals surface area (Å²) < 4.78 is 22.2. The van der Waals surface area contributed by atoms with Crippen molar-refractivity contribution < 1.29 is 8.42 Å². The van der Waals surface area contributed by atoms with Crippen LogP contribution in [0.2, 0.25) is 5.02 Å². The largest absolute Gasteiger partial charge is 0.238 e. The Morgan fingerprint density at radius 2 is 1.70 bits per heavy atom. The fourth-order valence-electron chi connectivity index (χ4n) is 1.52.